The number of aliphatic carboxylic acids is 2. The molecule has 0 aliphatic rings. The van der Waals surface area contributed by atoms with Crippen molar-refractivity contribution in [1.82, 2.24) is 0 Å². The van der Waals surface area contributed by atoms with Gasteiger partial charge in [-0.2, -0.15) is 8.42 Å². The number of carboxylic acids is 2. The molecule has 0 spiro atoms. The van der Waals surface area contributed by atoms with Crippen LogP contribution in [-0.4, -0.2) is 132 Å². The van der Waals surface area contributed by atoms with Crippen molar-refractivity contribution in [2.75, 3.05) is 5.75 Å². The topological polar surface area (TPSA) is 129 Å². The molecule has 0 unspecified atom stereocenters. The molecular weight excluding hydrogens is 391 g/mol. The predicted molar refractivity (Wildman–Crippen MR) is 63.6 cm³/mol. The Morgan fingerprint density at radius 2 is 1.25 bits per heavy atom. The van der Waals surface area contributed by atoms with E-state index in [4.69, 9.17) is 14.8 Å². The Bertz CT molecular complexity index is 306. The van der Waals surface area contributed by atoms with Crippen molar-refractivity contribution in [3.05, 3.63) is 12.2 Å². The maximum atomic E-state index is 9.56. The molecule has 0 bridgehead atoms. The molecule has 90 valence electrons. The number of hydrogen-bond acceptors (Lipinski definition) is 4. The molecule has 0 amide bonds. The van der Waals surface area contributed by atoms with Gasteiger partial charge in [-0.3, -0.25) is 4.55 Å². The summed E-state index contributed by atoms with van der Waals surface area (Å²) in [4.78, 5) is 19.1. The van der Waals surface area contributed by atoms with Crippen LogP contribution in [0.4, 0.5) is 0 Å². The summed E-state index contributed by atoms with van der Waals surface area (Å²) in [5.41, 5.74) is 0. The molecule has 0 fully saturated rings. The molecule has 0 saturated carbocycles. The van der Waals surface area contributed by atoms with Crippen molar-refractivity contribution in [2.45, 2.75) is 6.92 Å². The second-order valence-corrected chi connectivity index (χ2v) is 3.62. The maximum absolute atomic E-state index is 9.56. The van der Waals surface area contributed by atoms with E-state index < -0.39 is 22.1 Å². The van der Waals surface area contributed by atoms with Crippen LogP contribution in [0, 0.1) is 0 Å². The van der Waals surface area contributed by atoms with Crippen molar-refractivity contribution >= 4 is 113 Å². The van der Waals surface area contributed by atoms with Crippen molar-refractivity contribution in [3.8, 4) is 0 Å². The summed E-state index contributed by atoms with van der Waals surface area (Å²) in [6.07, 6.45) is 1.12. The third-order valence-corrected chi connectivity index (χ3v) is 1.46. The van der Waals surface area contributed by atoms with Crippen LogP contribution in [0.25, 0.3) is 0 Å². The van der Waals surface area contributed by atoms with Crippen LogP contribution >= 0.6 is 0 Å². The molecule has 0 rings (SSSR count). The molecule has 0 aromatic rings. The zero-order chi connectivity index (χ0) is 11.8. The molecule has 0 heterocycles. The van der Waals surface area contributed by atoms with Crippen LogP contribution in [0.5, 0.6) is 0 Å². The van der Waals surface area contributed by atoms with Gasteiger partial charge in [-0.1, -0.05) is 0 Å². The number of hydrogen-bond donors (Lipinski definition) is 3. The van der Waals surface area contributed by atoms with Crippen LogP contribution < -0.4 is 0 Å². The Kier molecular flexibility index (Phi) is 23.9. The Morgan fingerprint density at radius 1 is 1.06 bits per heavy atom. The van der Waals surface area contributed by atoms with Crippen LogP contribution in [0.3, 0.4) is 0 Å². The Morgan fingerprint density at radius 3 is 1.31 bits per heavy atom. The van der Waals surface area contributed by atoms with E-state index in [1.807, 2.05) is 0 Å². The molecule has 10 heteroatoms. The van der Waals surface area contributed by atoms with Crippen LogP contribution in [0.2, 0.25) is 0 Å². The van der Waals surface area contributed by atoms with Crippen molar-refractivity contribution < 1.29 is 32.8 Å². The molecule has 0 aliphatic carbocycles. The monoisotopic (exact) mass is 406 g/mol. The molecular formula is C6H14O7SSr2. The molecule has 3 N–H and O–H groups in total. The van der Waals surface area contributed by atoms with E-state index in [0.29, 0.717) is 12.2 Å². The first-order chi connectivity index (χ1) is 6.19. The predicted octanol–water partition coefficient (Wildman–Crippen LogP) is -2.23. The summed E-state index contributed by atoms with van der Waals surface area (Å²) in [6.45, 7) is 1.37. The molecule has 0 radical (unpaired) electrons. The summed E-state index contributed by atoms with van der Waals surface area (Å²) in [6, 6.07) is 0. The minimum atomic E-state index is -3.66. The average Bonchev–Trinajstić information content (AvgIpc) is 2.01. The van der Waals surface area contributed by atoms with Crippen LogP contribution in [0.15, 0.2) is 12.2 Å². The second kappa shape index (κ2) is 14.6. The molecule has 0 aromatic heterocycles. The summed E-state index contributed by atoms with van der Waals surface area (Å²) in [5.74, 6) is -2.72. The van der Waals surface area contributed by atoms with E-state index in [9.17, 15) is 18.0 Å². The third kappa shape index (κ3) is 36.1. The number of rotatable bonds is 3. The molecule has 0 atom stereocenters. The number of carboxylic acid groups (broad SMARTS) is 2. The first-order valence-corrected chi connectivity index (χ1v) is 4.89. The minimum absolute atomic E-state index is 0. The third-order valence-electron chi connectivity index (χ3n) is 0.733. The Hall–Kier alpha value is 1.55. The zero-order valence-electron chi connectivity index (χ0n) is 7.24. The quantitative estimate of drug-likeness (QED) is 0.275. The average molecular weight is 405 g/mol. The SMILES string of the molecule is CCS(=O)(=O)O.O=C(O)/C=C/C(=O)O.[SrH2].[SrH2]. The van der Waals surface area contributed by atoms with Crippen LogP contribution in [-0.2, 0) is 19.7 Å². The molecule has 7 nitrogen and oxygen atoms in total. The Balaban J connectivity index is -0.0000000825. The van der Waals surface area contributed by atoms with Crippen molar-refractivity contribution in [3.63, 3.8) is 0 Å². The van der Waals surface area contributed by atoms with Gasteiger partial charge in [0, 0.05) is 12.2 Å². The summed E-state index contributed by atoms with van der Waals surface area (Å²) < 4.78 is 26.9. The molecule has 0 aliphatic heterocycles. The fraction of sp³-hybridized carbons (Fsp3) is 0.333. The summed E-state index contributed by atoms with van der Waals surface area (Å²) in [5, 5.41) is 15.6. The van der Waals surface area contributed by atoms with Gasteiger partial charge in [-0.25, -0.2) is 9.59 Å². The van der Waals surface area contributed by atoms with Gasteiger partial charge in [-0.05, 0) is 6.92 Å². The normalized spacial score (nSPS) is 9.12. The van der Waals surface area contributed by atoms with Gasteiger partial charge >= 0.3 is 103 Å². The zero-order valence-corrected chi connectivity index (χ0v) is 8.06. The van der Waals surface area contributed by atoms with Crippen molar-refractivity contribution in [2.24, 2.45) is 0 Å². The van der Waals surface area contributed by atoms with Gasteiger partial charge in [0.2, 0.25) is 0 Å². The standard InChI is InChI=1S/C4H4O4.C2H6O3S.2Sr.4H/c5-3(6)1-2-4(7)8;1-2-6(3,4)5;;;;;;/h1-2H,(H,5,6)(H,7,8);2H2,1H3,(H,3,4,5);;;;;;/b2-1+;;;;;;;. The van der Waals surface area contributed by atoms with Gasteiger partial charge < -0.3 is 10.2 Å². The first-order valence-electron chi connectivity index (χ1n) is 3.28. The van der Waals surface area contributed by atoms with E-state index in [1.54, 1.807) is 0 Å². The summed E-state index contributed by atoms with van der Waals surface area (Å²) in [7, 11) is -3.66. The van der Waals surface area contributed by atoms with Crippen LogP contribution in [0.1, 0.15) is 6.92 Å². The summed E-state index contributed by atoms with van der Waals surface area (Å²) >= 11 is 0. The van der Waals surface area contributed by atoms with E-state index >= 15 is 0 Å². The second-order valence-electron chi connectivity index (χ2n) is 1.88. The fourth-order valence-corrected chi connectivity index (χ4v) is 0.143. The molecule has 0 aromatic carbocycles. The van der Waals surface area contributed by atoms with Gasteiger partial charge in [0.05, 0.1) is 5.75 Å². The molecule has 16 heavy (non-hydrogen) atoms. The van der Waals surface area contributed by atoms with E-state index in [0.717, 1.165) is 0 Å². The number of carbonyl (C=O) groups is 2. The van der Waals surface area contributed by atoms with Crippen molar-refractivity contribution in [1.29, 1.82) is 0 Å². The van der Waals surface area contributed by atoms with Gasteiger partial charge in [0.25, 0.3) is 10.1 Å². The Labute approximate surface area is 167 Å². The van der Waals surface area contributed by atoms with E-state index in [-0.39, 0.29) is 96.7 Å². The van der Waals surface area contributed by atoms with E-state index in [1.165, 1.54) is 6.92 Å². The fourth-order valence-electron chi connectivity index (χ4n) is 0.143. The van der Waals surface area contributed by atoms with Gasteiger partial charge in [-0.15, -0.1) is 0 Å². The molecule has 0 saturated heterocycles. The van der Waals surface area contributed by atoms with E-state index in [2.05, 4.69) is 0 Å². The first kappa shape index (κ1) is 26.2. The van der Waals surface area contributed by atoms with Gasteiger partial charge in [0.15, 0.2) is 0 Å². The van der Waals surface area contributed by atoms with Gasteiger partial charge in [0.1, 0.15) is 0 Å².